The highest BCUT2D eigenvalue weighted by Gasteiger charge is 2.10. The molecule has 1 heterocycles. The van der Waals surface area contributed by atoms with Gasteiger partial charge in [-0.3, -0.25) is 4.79 Å². The highest BCUT2D eigenvalue weighted by atomic mass is 16.5. The smallest absolute Gasteiger partial charge is 0.255 e. The minimum absolute atomic E-state index is 0.168. The van der Waals surface area contributed by atoms with E-state index in [1.54, 1.807) is 18.2 Å². The van der Waals surface area contributed by atoms with E-state index in [2.05, 4.69) is 15.5 Å². The third kappa shape index (κ3) is 2.88. The minimum atomic E-state index is -0.168. The number of aromatic nitrogens is 2. The van der Waals surface area contributed by atoms with Crippen LogP contribution in [0.1, 0.15) is 21.5 Å². The Balaban J connectivity index is 1.86. The number of carbonyl (C=O) groups excluding carboxylic acids is 1. The van der Waals surface area contributed by atoms with Gasteiger partial charge in [-0.15, -0.1) is 0 Å². The van der Waals surface area contributed by atoms with Gasteiger partial charge in [-0.1, -0.05) is 29.4 Å². The molecule has 0 saturated carbocycles. The topological polar surface area (TPSA) is 68.0 Å². The summed E-state index contributed by atoms with van der Waals surface area (Å²) < 4.78 is 4.73. The average Bonchev–Trinajstić information content (AvgIpc) is 3.05. The molecule has 110 valence electrons. The van der Waals surface area contributed by atoms with Gasteiger partial charge < -0.3 is 9.84 Å². The van der Waals surface area contributed by atoms with Gasteiger partial charge >= 0.3 is 0 Å². The van der Waals surface area contributed by atoms with Crippen LogP contribution >= 0.6 is 0 Å². The molecular weight excluding hydrogens is 278 g/mol. The fourth-order valence-corrected chi connectivity index (χ4v) is 2.16. The van der Waals surface area contributed by atoms with Crippen molar-refractivity contribution < 1.29 is 9.32 Å². The number of aryl methyl sites for hydroxylation is 2. The lowest BCUT2D eigenvalue weighted by Gasteiger charge is -2.09. The van der Waals surface area contributed by atoms with Crippen molar-refractivity contribution >= 4 is 11.6 Å². The average molecular weight is 293 g/mol. The van der Waals surface area contributed by atoms with Crippen LogP contribution in [0.4, 0.5) is 5.69 Å². The molecule has 0 fully saturated rings. The number of carbonyl (C=O) groups is 1. The molecule has 0 bridgehead atoms. The van der Waals surface area contributed by atoms with Gasteiger partial charge in [0.1, 0.15) is 0 Å². The summed E-state index contributed by atoms with van der Waals surface area (Å²) in [4.78, 5) is 16.4. The van der Waals surface area contributed by atoms with E-state index in [1.165, 1.54) is 6.39 Å². The monoisotopic (exact) mass is 293 g/mol. The fourth-order valence-electron chi connectivity index (χ4n) is 2.16. The summed E-state index contributed by atoms with van der Waals surface area (Å²) in [5.41, 5.74) is 4.22. The van der Waals surface area contributed by atoms with E-state index in [0.717, 1.165) is 22.4 Å². The summed E-state index contributed by atoms with van der Waals surface area (Å²) in [5.74, 6) is 0.292. The molecule has 2 aromatic carbocycles. The number of benzene rings is 2. The van der Waals surface area contributed by atoms with Crippen LogP contribution < -0.4 is 5.32 Å². The number of nitrogens with zero attached hydrogens (tertiary/aromatic N) is 2. The van der Waals surface area contributed by atoms with E-state index in [-0.39, 0.29) is 5.91 Å². The molecule has 0 saturated heterocycles. The first kappa shape index (κ1) is 14.0. The summed E-state index contributed by atoms with van der Waals surface area (Å²) in [5, 5.41) is 6.72. The molecule has 1 N–H and O–H groups in total. The van der Waals surface area contributed by atoms with Crippen LogP contribution in [-0.2, 0) is 0 Å². The van der Waals surface area contributed by atoms with Crippen LogP contribution in [0.5, 0.6) is 0 Å². The summed E-state index contributed by atoms with van der Waals surface area (Å²) >= 11 is 0. The number of anilines is 1. The van der Waals surface area contributed by atoms with Crippen LogP contribution in [0.15, 0.2) is 53.4 Å². The Hall–Kier alpha value is -2.95. The Morgan fingerprint density at radius 3 is 2.77 bits per heavy atom. The molecule has 5 nitrogen and oxygen atoms in total. The SMILES string of the molecule is Cc1ccc(C)c(NC(=O)c2cccc(-c3ncon3)c2)c1. The molecule has 3 rings (SSSR count). The van der Waals surface area contributed by atoms with Gasteiger partial charge in [0.15, 0.2) is 0 Å². The first-order valence-corrected chi connectivity index (χ1v) is 6.89. The van der Waals surface area contributed by atoms with Crippen molar-refractivity contribution in [3.63, 3.8) is 0 Å². The molecule has 0 aliphatic carbocycles. The molecule has 0 aliphatic rings. The zero-order valence-electron chi connectivity index (χ0n) is 12.3. The summed E-state index contributed by atoms with van der Waals surface area (Å²) in [6.07, 6.45) is 1.26. The van der Waals surface area contributed by atoms with E-state index in [0.29, 0.717) is 11.4 Å². The zero-order valence-corrected chi connectivity index (χ0v) is 12.3. The Morgan fingerprint density at radius 1 is 1.14 bits per heavy atom. The van der Waals surface area contributed by atoms with Crippen molar-refractivity contribution in [1.82, 2.24) is 10.1 Å². The highest BCUT2D eigenvalue weighted by molar-refractivity contribution is 6.05. The Bertz CT molecular complexity index is 811. The number of nitrogens with one attached hydrogen (secondary N) is 1. The third-order valence-electron chi connectivity index (χ3n) is 3.39. The standard InChI is InChI=1S/C17H15N3O2/c1-11-6-7-12(2)15(8-11)19-17(21)14-5-3-4-13(9-14)16-18-10-22-20-16/h3-10H,1-2H3,(H,19,21). The minimum Gasteiger partial charge on any atom is -0.342 e. The molecule has 0 unspecified atom stereocenters. The van der Waals surface area contributed by atoms with Gasteiger partial charge in [-0.05, 0) is 43.2 Å². The van der Waals surface area contributed by atoms with E-state index in [9.17, 15) is 4.79 Å². The summed E-state index contributed by atoms with van der Waals surface area (Å²) in [6.45, 7) is 3.96. The number of hydrogen-bond donors (Lipinski definition) is 1. The maximum absolute atomic E-state index is 12.4. The van der Waals surface area contributed by atoms with Gasteiger partial charge in [0, 0.05) is 16.8 Å². The van der Waals surface area contributed by atoms with Crippen LogP contribution in [-0.4, -0.2) is 16.0 Å². The molecule has 22 heavy (non-hydrogen) atoms. The van der Waals surface area contributed by atoms with Gasteiger partial charge in [0.05, 0.1) is 0 Å². The number of hydrogen-bond acceptors (Lipinski definition) is 4. The lowest BCUT2D eigenvalue weighted by atomic mass is 10.1. The number of rotatable bonds is 3. The van der Waals surface area contributed by atoms with Crippen LogP contribution in [0.25, 0.3) is 11.4 Å². The first-order chi connectivity index (χ1) is 10.6. The second kappa shape index (κ2) is 5.81. The lowest BCUT2D eigenvalue weighted by Crippen LogP contribution is -2.13. The Kier molecular flexibility index (Phi) is 3.70. The maximum atomic E-state index is 12.4. The fraction of sp³-hybridized carbons (Fsp3) is 0.118. The van der Waals surface area contributed by atoms with Crippen molar-refractivity contribution in [2.24, 2.45) is 0 Å². The molecule has 0 spiro atoms. The molecule has 1 amide bonds. The Labute approximate surface area is 128 Å². The zero-order chi connectivity index (χ0) is 15.5. The quantitative estimate of drug-likeness (QED) is 0.801. The molecule has 1 aromatic heterocycles. The number of amides is 1. The van der Waals surface area contributed by atoms with Crippen LogP contribution in [0.2, 0.25) is 0 Å². The summed E-state index contributed by atoms with van der Waals surface area (Å²) in [7, 11) is 0. The van der Waals surface area contributed by atoms with Crippen LogP contribution in [0, 0.1) is 13.8 Å². The normalized spacial score (nSPS) is 10.5. The Morgan fingerprint density at radius 2 is 2.00 bits per heavy atom. The van der Waals surface area contributed by atoms with Gasteiger partial charge in [-0.25, -0.2) is 0 Å². The molecule has 0 atom stereocenters. The summed E-state index contributed by atoms with van der Waals surface area (Å²) in [6, 6.07) is 13.1. The molecule has 0 radical (unpaired) electrons. The van der Waals surface area contributed by atoms with Gasteiger partial charge in [0.2, 0.25) is 12.2 Å². The third-order valence-corrected chi connectivity index (χ3v) is 3.39. The maximum Gasteiger partial charge on any atom is 0.255 e. The molecule has 5 heteroatoms. The largest absolute Gasteiger partial charge is 0.342 e. The second-order valence-corrected chi connectivity index (χ2v) is 5.11. The highest BCUT2D eigenvalue weighted by Crippen LogP contribution is 2.20. The van der Waals surface area contributed by atoms with Crippen molar-refractivity contribution in [2.45, 2.75) is 13.8 Å². The van der Waals surface area contributed by atoms with E-state index in [1.807, 2.05) is 38.1 Å². The van der Waals surface area contributed by atoms with Crippen molar-refractivity contribution in [3.8, 4) is 11.4 Å². The second-order valence-electron chi connectivity index (χ2n) is 5.11. The predicted octanol–water partition coefficient (Wildman–Crippen LogP) is 3.61. The van der Waals surface area contributed by atoms with Crippen molar-refractivity contribution in [3.05, 3.63) is 65.5 Å². The molecule has 3 aromatic rings. The molecule has 0 aliphatic heterocycles. The van der Waals surface area contributed by atoms with Crippen molar-refractivity contribution in [2.75, 3.05) is 5.32 Å². The van der Waals surface area contributed by atoms with E-state index in [4.69, 9.17) is 4.52 Å². The molecular formula is C17H15N3O2. The lowest BCUT2D eigenvalue weighted by molar-refractivity contribution is 0.102. The van der Waals surface area contributed by atoms with E-state index >= 15 is 0 Å². The predicted molar refractivity (Wildman–Crippen MR) is 83.6 cm³/mol. The van der Waals surface area contributed by atoms with E-state index < -0.39 is 0 Å². The first-order valence-electron chi connectivity index (χ1n) is 6.89. The van der Waals surface area contributed by atoms with Gasteiger partial charge in [-0.2, -0.15) is 4.98 Å². The van der Waals surface area contributed by atoms with Gasteiger partial charge in [0.25, 0.3) is 5.91 Å². The van der Waals surface area contributed by atoms with Crippen molar-refractivity contribution in [1.29, 1.82) is 0 Å². The van der Waals surface area contributed by atoms with Crippen LogP contribution in [0.3, 0.4) is 0 Å².